The number of aromatic nitrogens is 5. The van der Waals surface area contributed by atoms with Gasteiger partial charge in [-0.25, -0.2) is 4.39 Å². The molecule has 0 unspecified atom stereocenters. The van der Waals surface area contributed by atoms with Crippen LogP contribution >= 0.6 is 0 Å². The van der Waals surface area contributed by atoms with Crippen LogP contribution in [0, 0.1) is 10.8 Å². The van der Waals surface area contributed by atoms with Crippen LogP contribution in [-0.4, -0.2) is 42.9 Å². The summed E-state index contributed by atoms with van der Waals surface area (Å²) in [4.78, 5) is 21.0. The largest absolute Gasteiger partial charge is 0.339 e. The summed E-state index contributed by atoms with van der Waals surface area (Å²) in [6.45, 7) is 0.698. The van der Waals surface area contributed by atoms with Gasteiger partial charge in [-0.15, -0.1) is 10.2 Å². The van der Waals surface area contributed by atoms with Gasteiger partial charge in [0.15, 0.2) is 11.5 Å². The number of benzene rings is 1. The van der Waals surface area contributed by atoms with Gasteiger partial charge in [-0.05, 0) is 117 Å². The van der Waals surface area contributed by atoms with Crippen molar-refractivity contribution in [3.05, 3.63) is 60.6 Å². The van der Waals surface area contributed by atoms with E-state index in [1.165, 1.54) is 12.8 Å². The van der Waals surface area contributed by atoms with Crippen molar-refractivity contribution in [3.8, 4) is 11.1 Å². The van der Waals surface area contributed by atoms with Crippen molar-refractivity contribution in [2.45, 2.75) is 94.1 Å². The smallest absolute Gasteiger partial charge is 0.232 e. The van der Waals surface area contributed by atoms with Crippen LogP contribution in [0.5, 0.6) is 0 Å². The zero-order valence-electron chi connectivity index (χ0n) is 23.8. The first-order valence-corrected chi connectivity index (χ1v) is 15.6. The average molecular weight is 567 g/mol. The van der Waals surface area contributed by atoms with Crippen molar-refractivity contribution in [2.75, 3.05) is 11.4 Å². The molecule has 7 saturated carbocycles. The Morgan fingerprint density at radius 3 is 2.52 bits per heavy atom. The van der Waals surface area contributed by atoms with Crippen molar-refractivity contribution >= 4 is 17.2 Å². The SMILES string of the molecule is O=C(CC12CC(F)(C1)C2)N(CC12CCC(c3nc(C4CC4)no3)(CC1)CC2)c1cccc(-c2ccc3nncn3c2)c1. The van der Waals surface area contributed by atoms with E-state index in [0.717, 1.165) is 72.7 Å². The molecule has 216 valence electrons. The standard InChI is InChI=1S/C33H35FN6O2/c34-33-17-31(18-33,19-33)15-27(41)40(25-3-1-2-23(14-25)24-6-7-26-37-35-21-39(26)16-24)20-30-8-11-32(12-9-30,13-10-30)29-36-28(38-42-29)22-4-5-22/h1-3,6-7,14,16,21-22H,4-5,8-13,15,17-20H2. The Labute approximate surface area is 243 Å². The van der Waals surface area contributed by atoms with Crippen molar-refractivity contribution < 1.29 is 13.7 Å². The fourth-order valence-corrected chi connectivity index (χ4v) is 8.75. The predicted molar refractivity (Wildman–Crippen MR) is 154 cm³/mol. The van der Waals surface area contributed by atoms with E-state index in [9.17, 15) is 9.18 Å². The van der Waals surface area contributed by atoms with Gasteiger partial charge in [-0.1, -0.05) is 17.3 Å². The van der Waals surface area contributed by atoms with E-state index in [2.05, 4.69) is 33.6 Å². The number of amides is 1. The molecular weight excluding hydrogens is 531 g/mol. The number of alkyl halides is 1. The molecule has 8 nitrogen and oxygen atoms in total. The van der Waals surface area contributed by atoms with Gasteiger partial charge in [0.25, 0.3) is 0 Å². The lowest BCUT2D eigenvalue weighted by atomic mass is 9.41. The molecule has 9 heteroatoms. The van der Waals surface area contributed by atoms with Crippen molar-refractivity contribution in [3.63, 3.8) is 0 Å². The first kappa shape index (κ1) is 24.9. The summed E-state index contributed by atoms with van der Waals surface area (Å²) in [7, 11) is 0. The molecule has 11 rings (SSSR count). The number of hydrogen-bond acceptors (Lipinski definition) is 6. The number of pyridine rings is 1. The second-order valence-electron chi connectivity index (χ2n) is 14.4. The van der Waals surface area contributed by atoms with Gasteiger partial charge in [0.2, 0.25) is 11.8 Å². The molecule has 7 fully saturated rings. The van der Waals surface area contributed by atoms with Crippen molar-refractivity contribution in [2.24, 2.45) is 10.8 Å². The molecule has 7 aliphatic rings. The fraction of sp³-hybridized carbons (Fsp3) is 0.545. The topological polar surface area (TPSA) is 89.4 Å². The second kappa shape index (κ2) is 8.48. The quantitative estimate of drug-likeness (QED) is 0.240. The van der Waals surface area contributed by atoms with Crippen LogP contribution in [-0.2, 0) is 10.2 Å². The number of rotatable bonds is 8. The van der Waals surface area contributed by atoms with E-state index in [1.54, 1.807) is 6.33 Å². The third-order valence-corrected chi connectivity index (χ3v) is 11.4. The lowest BCUT2D eigenvalue weighted by Gasteiger charge is -2.66. The Morgan fingerprint density at radius 1 is 1.00 bits per heavy atom. The minimum absolute atomic E-state index is 0.0151. The van der Waals surface area contributed by atoms with Crippen LogP contribution in [0.15, 0.2) is 53.4 Å². The summed E-state index contributed by atoms with van der Waals surface area (Å²) in [5, 5.41) is 12.4. The van der Waals surface area contributed by atoms with E-state index in [1.807, 2.05) is 33.7 Å². The monoisotopic (exact) mass is 566 g/mol. The van der Waals surface area contributed by atoms with Crippen LogP contribution in [0.1, 0.15) is 94.7 Å². The first-order chi connectivity index (χ1) is 20.3. The lowest BCUT2D eigenvalue weighted by Crippen LogP contribution is -2.65. The Kier molecular flexibility index (Phi) is 5.03. The normalized spacial score (nSPS) is 32.9. The zero-order chi connectivity index (χ0) is 28.2. The molecule has 0 N–H and O–H groups in total. The first-order valence-electron chi connectivity index (χ1n) is 15.6. The summed E-state index contributed by atoms with van der Waals surface area (Å²) >= 11 is 0. The average Bonchev–Trinajstić information content (AvgIpc) is 3.51. The second-order valence-corrected chi connectivity index (χ2v) is 14.4. The maximum absolute atomic E-state index is 14.4. The molecule has 1 aromatic carbocycles. The highest BCUT2D eigenvalue weighted by atomic mass is 19.1. The summed E-state index contributed by atoms with van der Waals surface area (Å²) in [6.07, 6.45) is 14.3. The van der Waals surface area contributed by atoms with Gasteiger partial charge in [-0.2, -0.15) is 4.98 Å². The van der Waals surface area contributed by atoms with Gasteiger partial charge in [0.05, 0.1) is 0 Å². The number of fused-ring (bicyclic) bond motifs is 4. The Morgan fingerprint density at radius 2 is 1.79 bits per heavy atom. The molecule has 4 bridgehead atoms. The Hall–Kier alpha value is -3.62. The molecule has 4 aromatic rings. The van der Waals surface area contributed by atoms with Crippen LogP contribution in [0.25, 0.3) is 16.8 Å². The zero-order valence-corrected chi connectivity index (χ0v) is 23.8. The van der Waals surface area contributed by atoms with Crippen molar-refractivity contribution in [1.29, 1.82) is 0 Å². The van der Waals surface area contributed by atoms with E-state index in [-0.39, 0.29) is 22.2 Å². The van der Waals surface area contributed by atoms with E-state index >= 15 is 0 Å². The Bertz CT molecular complexity index is 1680. The molecule has 0 aliphatic heterocycles. The highest BCUT2D eigenvalue weighted by Crippen LogP contribution is 2.71. The molecule has 1 amide bonds. The van der Waals surface area contributed by atoms with Gasteiger partial charge >= 0.3 is 0 Å². The molecule has 0 radical (unpaired) electrons. The fourth-order valence-electron chi connectivity index (χ4n) is 8.75. The third-order valence-electron chi connectivity index (χ3n) is 11.4. The maximum atomic E-state index is 14.4. The third kappa shape index (κ3) is 3.88. The lowest BCUT2D eigenvalue weighted by molar-refractivity contribution is -0.215. The van der Waals surface area contributed by atoms with Gasteiger partial charge in [0.1, 0.15) is 12.0 Å². The number of carbonyl (C=O) groups is 1. The molecule has 0 spiro atoms. The van der Waals surface area contributed by atoms with E-state index < -0.39 is 5.67 Å². The van der Waals surface area contributed by atoms with Crippen LogP contribution in [0.4, 0.5) is 10.1 Å². The maximum Gasteiger partial charge on any atom is 0.232 e. The number of carbonyl (C=O) groups excluding carboxylic acids is 1. The summed E-state index contributed by atoms with van der Waals surface area (Å²) in [5.41, 5.74) is 2.71. The number of nitrogens with zero attached hydrogens (tertiary/aromatic N) is 6. The summed E-state index contributed by atoms with van der Waals surface area (Å²) < 4.78 is 22.1. The van der Waals surface area contributed by atoms with Gasteiger partial charge < -0.3 is 9.42 Å². The minimum atomic E-state index is -1.01. The molecular formula is C33H35FN6O2. The highest BCUT2D eigenvalue weighted by molar-refractivity contribution is 5.95. The molecule has 3 heterocycles. The van der Waals surface area contributed by atoms with E-state index in [4.69, 9.17) is 9.51 Å². The summed E-state index contributed by atoms with van der Waals surface area (Å²) in [6, 6.07) is 12.3. The summed E-state index contributed by atoms with van der Waals surface area (Å²) in [5.74, 6) is 2.36. The molecule has 7 aliphatic carbocycles. The molecule has 0 atom stereocenters. The van der Waals surface area contributed by atoms with Gasteiger partial charge in [0, 0.05) is 36.2 Å². The molecule has 3 aromatic heterocycles. The minimum Gasteiger partial charge on any atom is -0.339 e. The van der Waals surface area contributed by atoms with Crippen LogP contribution < -0.4 is 4.90 Å². The Balaban J connectivity index is 0.998. The number of hydrogen-bond donors (Lipinski definition) is 0. The van der Waals surface area contributed by atoms with Gasteiger partial charge in [-0.3, -0.25) is 9.20 Å². The number of halogens is 1. The molecule has 0 saturated heterocycles. The van der Waals surface area contributed by atoms with E-state index in [0.29, 0.717) is 38.1 Å². The van der Waals surface area contributed by atoms with Crippen LogP contribution in [0.3, 0.4) is 0 Å². The number of anilines is 1. The predicted octanol–water partition coefficient (Wildman–Crippen LogP) is 6.56. The van der Waals surface area contributed by atoms with Crippen molar-refractivity contribution in [1.82, 2.24) is 24.7 Å². The highest BCUT2D eigenvalue weighted by Gasteiger charge is 2.69. The van der Waals surface area contributed by atoms with Crippen LogP contribution in [0.2, 0.25) is 0 Å². The molecule has 42 heavy (non-hydrogen) atoms.